The summed E-state index contributed by atoms with van der Waals surface area (Å²) >= 11 is 7.70. The Hall–Kier alpha value is -3.15. The number of nitrogens with zero attached hydrogens (tertiary/aromatic N) is 4. The van der Waals surface area contributed by atoms with Gasteiger partial charge in [0.2, 0.25) is 5.82 Å². The molecule has 0 bridgehead atoms. The van der Waals surface area contributed by atoms with Crippen molar-refractivity contribution in [3.05, 3.63) is 65.3 Å². The first kappa shape index (κ1) is 23.0. The van der Waals surface area contributed by atoms with Crippen LogP contribution in [-0.2, 0) is 14.6 Å². The molecule has 0 atom stereocenters. The van der Waals surface area contributed by atoms with Crippen molar-refractivity contribution in [2.75, 3.05) is 18.5 Å². The average Bonchev–Trinajstić information content (AvgIpc) is 3.45. The second-order valence-electron chi connectivity index (χ2n) is 6.84. The van der Waals surface area contributed by atoms with E-state index >= 15 is 0 Å². The molecule has 2 aromatic heterocycles. The standard InChI is InChI=1S/C21H17ClN4O5S2/c1-32-12-30-21(27)16-11-18(26(24-16)17-9-4-3-8-15(17)22)20-23-19(25-31-20)13-6-5-7-14(10-13)33(2,28)29/h3-11H,12H2,1-2H3. The zero-order chi connectivity index (χ0) is 23.6. The Morgan fingerprint density at radius 1 is 1.18 bits per heavy atom. The van der Waals surface area contributed by atoms with Gasteiger partial charge in [-0.25, -0.2) is 17.9 Å². The number of rotatable bonds is 7. The second-order valence-corrected chi connectivity index (χ2v) is 10.1. The monoisotopic (exact) mass is 504 g/mol. The molecule has 12 heteroatoms. The minimum absolute atomic E-state index is 0.0396. The number of carbonyl (C=O) groups excluding carboxylic acids is 1. The lowest BCUT2D eigenvalue weighted by Gasteiger charge is -2.06. The number of benzene rings is 2. The number of ether oxygens (including phenoxy) is 1. The molecule has 0 aliphatic heterocycles. The lowest BCUT2D eigenvalue weighted by atomic mass is 10.2. The third-order valence-electron chi connectivity index (χ3n) is 4.47. The zero-order valence-corrected chi connectivity index (χ0v) is 19.8. The number of para-hydroxylation sites is 1. The highest BCUT2D eigenvalue weighted by atomic mass is 35.5. The van der Waals surface area contributed by atoms with Gasteiger partial charge in [0.1, 0.15) is 11.6 Å². The molecule has 0 spiro atoms. The van der Waals surface area contributed by atoms with Crippen LogP contribution in [0.2, 0.25) is 5.02 Å². The fraction of sp³-hybridized carbons (Fsp3) is 0.143. The zero-order valence-electron chi connectivity index (χ0n) is 17.4. The van der Waals surface area contributed by atoms with Gasteiger partial charge in [-0.2, -0.15) is 10.1 Å². The maximum absolute atomic E-state index is 12.4. The molecule has 0 saturated carbocycles. The number of thioether (sulfide) groups is 1. The summed E-state index contributed by atoms with van der Waals surface area (Å²) in [6, 6.07) is 14.6. The van der Waals surface area contributed by atoms with Crippen molar-refractivity contribution in [2.45, 2.75) is 4.90 Å². The molecule has 170 valence electrons. The van der Waals surface area contributed by atoms with E-state index in [0.717, 1.165) is 6.26 Å². The fourth-order valence-electron chi connectivity index (χ4n) is 2.94. The van der Waals surface area contributed by atoms with Gasteiger partial charge in [-0.1, -0.05) is 41.0 Å². The number of sulfone groups is 1. The summed E-state index contributed by atoms with van der Waals surface area (Å²) in [5.74, 6) is -0.203. The van der Waals surface area contributed by atoms with Crippen molar-refractivity contribution >= 4 is 39.2 Å². The molecule has 0 fully saturated rings. The molecule has 0 aliphatic carbocycles. The largest absolute Gasteiger partial charge is 0.450 e. The van der Waals surface area contributed by atoms with E-state index in [2.05, 4.69) is 15.2 Å². The second kappa shape index (κ2) is 9.38. The summed E-state index contributed by atoms with van der Waals surface area (Å²) < 4.78 is 35.8. The predicted molar refractivity (Wildman–Crippen MR) is 124 cm³/mol. The predicted octanol–water partition coefficient (Wildman–Crippen LogP) is 4.12. The van der Waals surface area contributed by atoms with Crippen molar-refractivity contribution in [1.29, 1.82) is 0 Å². The highest BCUT2D eigenvalue weighted by Crippen LogP contribution is 2.29. The van der Waals surface area contributed by atoms with Gasteiger partial charge >= 0.3 is 5.97 Å². The molecule has 2 heterocycles. The molecular weight excluding hydrogens is 488 g/mol. The normalized spacial score (nSPS) is 11.5. The highest BCUT2D eigenvalue weighted by Gasteiger charge is 2.23. The Morgan fingerprint density at radius 3 is 2.70 bits per heavy atom. The SMILES string of the molecule is CSCOC(=O)c1cc(-c2nc(-c3cccc(S(C)(=O)=O)c3)no2)n(-c2ccccc2Cl)n1. The summed E-state index contributed by atoms with van der Waals surface area (Å²) in [7, 11) is -3.41. The van der Waals surface area contributed by atoms with Crippen molar-refractivity contribution in [2.24, 2.45) is 0 Å². The van der Waals surface area contributed by atoms with Crippen LogP contribution in [0.5, 0.6) is 0 Å². The van der Waals surface area contributed by atoms with Crippen LogP contribution >= 0.6 is 23.4 Å². The van der Waals surface area contributed by atoms with Gasteiger partial charge < -0.3 is 9.26 Å². The van der Waals surface area contributed by atoms with Gasteiger partial charge in [0.15, 0.2) is 15.5 Å². The number of hydrogen-bond donors (Lipinski definition) is 0. The van der Waals surface area contributed by atoms with Gasteiger partial charge in [0, 0.05) is 17.9 Å². The summed E-state index contributed by atoms with van der Waals surface area (Å²) in [5, 5.41) is 8.71. The molecule has 0 amide bonds. The Balaban J connectivity index is 1.79. The van der Waals surface area contributed by atoms with Gasteiger partial charge in [-0.15, -0.1) is 11.8 Å². The lowest BCUT2D eigenvalue weighted by molar-refractivity contribution is 0.0572. The Morgan fingerprint density at radius 2 is 1.97 bits per heavy atom. The third kappa shape index (κ3) is 4.95. The summed E-state index contributed by atoms with van der Waals surface area (Å²) in [5.41, 5.74) is 1.31. The van der Waals surface area contributed by atoms with Crippen LogP contribution in [0.4, 0.5) is 0 Å². The summed E-state index contributed by atoms with van der Waals surface area (Å²) in [4.78, 5) is 16.9. The number of aromatic nitrogens is 4. The maximum Gasteiger partial charge on any atom is 0.359 e. The molecule has 2 aromatic carbocycles. The van der Waals surface area contributed by atoms with Crippen molar-refractivity contribution < 1.29 is 22.5 Å². The van der Waals surface area contributed by atoms with Crippen LogP contribution in [0.3, 0.4) is 0 Å². The first-order chi connectivity index (χ1) is 15.8. The molecular formula is C21H17ClN4O5S2. The Labute approximate surface area is 198 Å². The highest BCUT2D eigenvalue weighted by molar-refractivity contribution is 7.98. The molecule has 4 aromatic rings. The number of hydrogen-bond acceptors (Lipinski definition) is 9. The molecule has 0 radical (unpaired) electrons. The van der Waals surface area contributed by atoms with E-state index in [0.29, 0.717) is 22.0 Å². The molecule has 33 heavy (non-hydrogen) atoms. The van der Waals surface area contributed by atoms with Crippen molar-refractivity contribution in [3.8, 4) is 28.7 Å². The summed E-state index contributed by atoms with van der Waals surface area (Å²) in [6.07, 6.45) is 2.92. The van der Waals surface area contributed by atoms with Crippen LogP contribution in [0.1, 0.15) is 10.5 Å². The first-order valence-corrected chi connectivity index (χ1v) is 13.1. The van der Waals surface area contributed by atoms with E-state index in [1.165, 1.54) is 34.6 Å². The minimum atomic E-state index is -3.41. The fourth-order valence-corrected chi connectivity index (χ4v) is 4.04. The van der Waals surface area contributed by atoms with Crippen LogP contribution in [-0.4, -0.2) is 52.8 Å². The van der Waals surface area contributed by atoms with E-state index in [1.54, 1.807) is 42.7 Å². The van der Waals surface area contributed by atoms with Gasteiger partial charge in [-0.3, -0.25) is 0 Å². The molecule has 0 aliphatic rings. The molecule has 0 unspecified atom stereocenters. The molecule has 4 rings (SSSR count). The smallest absolute Gasteiger partial charge is 0.359 e. The van der Waals surface area contributed by atoms with Crippen molar-refractivity contribution in [1.82, 2.24) is 19.9 Å². The third-order valence-corrected chi connectivity index (χ3v) is 6.26. The van der Waals surface area contributed by atoms with Gasteiger partial charge in [0.05, 0.1) is 15.6 Å². The van der Waals surface area contributed by atoms with Crippen LogP contribution in [0, 0.1) is 0 Å². The number of carbonyl (C=O) groups is 1. The van der Waals surface area contributed by atoms with Gasteiger partial charge in [-0.05, 0) is 30.5 Å². The first-order valence-electron chi connectivity index (χ1n) is 9.43. The molecule has 0 saturated heterocycles. The van der Waals surface area contributed by atoms with Crippen LogP contribution in [0.25, 0.3) is 28.7 Å². The number of halogens is 1. The average molecular weight is 505 g/mol. The van der Waals surface area contributed by atoms with E-state index in [-0.39, 0.29) is 28.2 Å². The van der Waals surface area contributed by atoms with Crippen LogP contribution < -0.4 is 0 Å². The summed E-state index contributed by atoms with van der Waals surface area (Å²) in [6.45, 7) is 0. The topological polar surface area (TPSA) is 117 Å². The van der Waals surface area contributed by atoms with E-state index in [1.807, 2.05) is 0 Å². The minimum Gasteiger partial charge on any atom is -0.450 e. The number of esters is 1. The lowest BCUT2D eigenvalue weighted by Crippen LogP contribution is -2.07. The molecule has 0 N–H and O–H groups in total. The Bertz CT molecular complexity index is 1430. The van der Waals surface area contributed by atoms with Crippen LogP contribution in [0.15, 0.2) is 64.0 Å². The van der Waals surface area contributed by atoms with Gasteiger partial charge in [0.25, 0.3) is 5.89 Å². The van der Waals surface area contributed by atoms with E-state index in [9.17, 15) is 13.2 Å². The quantitative estimate of drug-likeness (QED) is 0.270. The van der Waals surface area contributed by atoms with Crippen molar-refractivity contribution in [3.63, 3.8) is 0 Å². The maximum atomic E-state index is 12.4. The Kier molecular flexibility index (Phi) is 6.54. The van der Waals surface area contributed by atoms with E-state index in [4.69, 9.17) is 20.9 Å². The van der Waals surface area contributed by atoms with E-state index < -0.39 is 15.8 Å². The molecule has 9 nitrogen and oxygen atoms in total.